The van der Waals surface area contributed by atoms with E-state index in [0.29, 0.717) is 5.82 Å². The maximum absolute atomic E-state index is 12.2. The molecule has 0 radical (unpaired) electrons. The lowest BCUT2D eigenvalue weighted by Gasteiger charge is -2.22. The van der Waals surface area contributed by atoms with Crippen LogP contribution in [0.15, 0.2) is 36.5 Å². The van der Waals surface area contributed by atoms with Gasteiger partial charge in [0.2, 0.25) is 10.0 Å². The van der Waals surface area contributed by atoms with Crippen molar-refractivity contribution in [2.24, 2.45) is 7.05 Å². The molecule has 28 heavy (non-hydrogen) atoms. The maximum atomic E-state index is 12.2. The predicted octanol–water partition coefficient (Wildman–Crippen LogP) is 2.46. The van der Waals surface area contributed by atoms with Gasteiger partial charge in [0.25, 0.3) is 0 Å². The zero-order valence-electron chi connectivity index (χ0n) is 16.0. The number of carbonyl (C=O) groups is 1. The molecule has 0 atom stereocenters. The summed E-state index contributed by atoms with van der Waals surface area (Å²) in [5, 5.41) is 9.57. The first-order valence-corrected chi connectivity index (χ1v) is 11.2. The summed E-state index contributed by atoms with van der Waals surface area (Å²) >= 11 is 0. The smallest absolute Gasteiger partial charge is 0.320 e. The summed E-state index contributed by atoms with van der Waals surface area (Å²) < 4.78 is 28.7. The highest BCUT2D eigenvalue weighted by molar-refractivity contribution is 7.89. The quantitative estimate of drug-likeness (QED) is 0.658. The van der Waals surface area contributed by atoms with Gasteiger partial charge in [-0.1, -0.05) is 49.6 Å². The molecule has 9 heteroatoms. The Balaban J connectivity index is 1.51. The van der Waals surface area contributed by atoms with Gasteiger partial charge in [-0.15, -0.1) is 0 Å². The molecule has 0 saturated heterocycles. The van der Waals surface area contributed by atoms with Crippen LogP contribution < -0.4 is 15.4 Å². The molecule has 1 saturated carbocycles. The first kappa shape index (κ1) is 20.3. The zero-order chi connectivity index (χ0) is 20.0. The molecule has 0 spiro atoms. The monoisotopic (exact) mass is 405 g/mol. The third-order valence-electron chi connectivity index (χ3n) is 4.75. The van der Waals surface area contributed by atoms with Crippen LogP contribution in [-0.4, -0.2) is 42.6 Å². The summed E-state index contributed by atoms with van der Waals surface area (Å²) in [5.41, 5.74) is 1.73. The van der Waals surface area contributed by atoms with Crippen molar-refractivity contribution in [1.82, 2.24) is 19.8 Å². The van der Waals surface area contributed by atoms with Crippen molar-refractivity contribution >= 4 is 21.9 Å². The van der Waals surface area contributed by atoms with Gasteiger partial charge in [-0.25, -0.2) is 17.9 Å². The predicted molar refractivity (Wildman–Crippen MR) is 109 cm³/mol. The third-order valence-corrected chi connectivity index (χ3v) is 6.19. The number of sulfonamides is 1. The van der Waals surface area contributed by atoms with Crippen molar-refractivity contribution in [2.75, 3.05) is 17.6 Å². The SMILES string of the molecule is Cn1cc(-c2ccccc2)c(NC(=O)NCCS(=O)(=O)NC2CCCCC2)n1. The Bertz CT molecular complexity index is 890. The number of rotatable bonds is 7. The van der Waals surface area contributed by atoms with Gasteiger partial charge in [-0.05, 0) is 18.4 Å². The van der Waals surface area contributed by atoms with E-state index in [9.17, 15) is 13.2 Å². The van der Waals surface area contributed by atoms with Gasteiger partial charge in [0, 0.05) is 31.4 Å². The van der Waals surface area contributed by atoms with Crippen molar-refractivity contribution < 1.29 is 13.2 Å². The number of nitrogens with zero attached hydrogens (tertiary/aromatic N) is 2. The fourth-order valence-corrected chi connectivity index (χ4v) is 4.63. The van der Waals surface area contributed by atoms with Crippen LogP contribution in [0.25, 0.3) is 11.1 Å². The molecule has 0 aliphatic heterocycles. The van der Waals surface area contributed by atoms with Crippen LogP contribution in [0.1, 0.15) is 32.1 Å². The average molecular weight is 406 g/mol. The van der Waals surface area contributed by atoms with Crippen molar-refractivity contribution in [3.8, 4) is 11.1 Å². The molecular weight excluding hydrogens is 378 g/mol. The van der Waals surface area contributed by atoms with E-state index in [1.807, 2.05) is 36.5 Å². The molecule has 1 fully saturated rings. The molecule has 2 aromatic rings. The minimum Gasteiger partial charge on any atom is -0.337 e. The van der Waals surface area contributed by atoms with Crippen LogP contribution in [-0.2, 0) is 17.1 Å². The molecule has 1 aliphatic rings. The molecule has 8 nitrogen and oxygen atoms in total. The number of benzene rings is 1. The number of anilines is 1. The fraction of sp³-hybridized carbons (Fsp3) is 0.474. The van der Waals surface area contributed by atoms with E-state index >= 15 is 0 Å². The van der Waals surface area contributed by atoms with Gasteiger partial charge in [-0.3, -0.25) is 10.00 Å². The molecule has 1 aliphatic carbocycles. The van der Waals surface area contributed by atoms with Crippen molar-refractivity contribution in [3.63, 3.8) is 0 Å². The highest BCUT2D eigenvalue weighted by Gasteiger charge is 2.20. The first-order valence-electron chi connectivity index (χ1n) is 9.57. The van der Waals surface area contributed by atoms with E-state index in [2.05, 4.69) is 20.5 Å². The number of hydrogen-bond acceptors (Lipinski definition) is 4. The Labute approximate surface area is 165 Å². The number of urea groups is 1. The highest BCUT2D eigenvalue weighted by Crippen LogP contribution is 2.26. The second kappa shape index (κ2) is 9.20. The molecule has 0 bridgehead atoms. The second-order valence-electron chi connectivity index (χ2n) is 7.08. The summed E-state index contributed by atoms with van der Waals surface area (Å²) in [6.45, 7) is 0.0292. The normalized spacial score (nSPS) is 15.3. The zero-order valence-corrected chi connectivity index (χ0v) is 16.8. The first-order chi connectivity index (χ1) is 13.4. The van der Waals surface area contributed by atoms with Crippen molar-refractivity contribution in [2.45, 2.75) is 38.1 Å². The van der Waals surface area contributed by atoms with E-state index < -0.39 is 16.1 Å². The molecule has 3 N–H and O–H groups in total. The molecule has 3 rings (SSSR count). The lowest BCUT2D eigenvalue weighted by Crippen LogP contribution is -2.41. The maximum Gasteiger partial charge on any atom is 0.320 e. The van der Waals surface area contributed by atoms with Crippen LogP contribution in [0.3, 0.4) is 0 Å². The standard InChI is InChI=1S/C19H27N5O3S/c1-24-14-17(15-8-4-2-5-9-15)18(22-24)21-19(25)20-12-13-28(26,27)23-16-10-6-3-7-11-16/h2,4-5,8-9,14,16,23H,3,6-7,10-13H2,1H3,(H2,20,21,22,25). The third kappa shape index (κ3) is 5.80. The Morgan fingerprint density at radius 3 is 2.61 bits per heavy atom. The second-order valence-corrected chi connectivity index (χ2v) is 8.96. The molecule has 1 heterocycles. The number of carbonyl (C=O) groups excluding carboxylic acids is 1. The largest absolute Gasteiger partial charge is 0.337 e. The summed E-state index contributed by atoms with van der Waals surface area (Å²) in [5.74, 6) is 0.277. The summed E-state index contributed by atoms with van der Waals surface area (Å²) in [6.07, 6.45) is 6.87. The minimum atomic E-state index is -3.41. The molecule has 152 valence electrons. The summed E-state index contributed by atoms with van der Waals surface area (Å²) in [4.78, 5) is 12.2. The number of amides is 2. The number of aromatic nitrogens is 2. The van der Waals surface area contributed by atoms with Crippen LogP contribution in [0, 0.1) is 0 Å². The van der Waals surface area contributed by atoms with Crippen molar-refractivity contribution in [3.05, 3.63) is 36.5 Å². The Morgan fingerprint density at radius 2 is 1.89 bits per heavy atom. The van der Waals surface area contributed by atoms with Crippen LogP contribution in [0.2, 0.25) is 0 Å². The Morgan fingerprint density at radius 1 is 1.18 bits per heavy atom. The number of nitrogens with one attached hydrogen (secondary N) is 3. The van der Waals surface area contributed by atoms with E-state index in [1.165, 1.54) is 6.42 Å². The molecule has 2 amide bonds. The lowest BCUT2D eigenvalue weighted by atomic mass is 9.96. The van der Waals surface area contributed by atoms with E-state index in [0.717, 1.165) is 36.8 Å². The van der Waals surface area contributed by atoms with E-state index in [-0.39, 0.29) is 18.3 Å². The molecule has 1 aromatic carbocycles. The van der Waals surface area contributed by atoms with E-state index in [1.54, 1.807) is 11.7 Å². The lowest BCUT2D eigenvalue weighted by molar-refractivity contribution is 0.252. The number of hydrogen-bond donors (Lipinski definition) is 3. The summed E-state index contributed by atoms with van der Waals surface area (Å²) in [7, 11) is -1.63. The average Bonchev–Trinajstić information content (AvgIpc) is 3.02. The van der Waals surface area contributed by atoms with Crippen molar-refractivity contribution in [1.29, 1.82) is 0 Å². The molecule has 0 unspecified atom stereocenters. The van der Waals surface area contributed by atoms with Gasteiger partial charge < -0.3 is 5.32 Å². The molecular formula is C19H27N5O3S. The van der Waals surface area contributed by atoms with Gasteiger partial charge in [0.15, 0.2) is 5.82 Å². The van der Waals surface area contributed by atoms with Crippen LogP contribution in [0.4, 0.5) is 10.6 Å². The Kier molecular flexibility index (Phi) is 6.69. The summed E-state index contributed by atoms with van der Waals surface area (Å²) in [6, 6.07) is 9.15. The van der Waals surface area contributed by atoms with Gasteiger partial charge in [0.05, 0.1) is 5.75 Å². The highest BCUT2D eigenvalue weighted by atomic mass is 32.2. The van der Waals surface area contributed by atoms with Crippen LogP contribution >= 0.6 is 0 Å². The van der Waals surface area contributed by atoms with Crippen LogP contribution in [0.5, 0.6) is 0 Å². The van der Waals surface area contributed by atoms with Gasteiger partial charge >= 0.3 is 6.03 Å². The van der Waals surface area contributed by atoms with Gasteiger partial charge in [0.1, 0.15) is 0 Å². The van der Waals surface area contributed by atoms with E-state index in [4.69, 9.17) is 0 Å². The fourth-order valence-electron chi connectivity index (χ4n) is 3.39. The minimum absolute atomic E-state index is 0.0227. The Hall–Kier alpha value is -2.39. The topological polar surface area (TPSA) is 105 Å². The molecule has 1 aromatic heterocycles. The number of aryl methyl sites for hydroxylation is 1. The van der Waals surface area contributed by atoms with Gasteiger partial charge in [-0.2, -0.15) is 5.10 Å².